The summed E-state index contributed by atoms with van der Waals surface area (Å²) in [6.45, 7) is 0.353. The molecule has 1 aromatic heterocycles. The maximum Gasteiger partial charge on any atom is 0.435 e. The number of nitrogens with one attached hydrogen (secondary N) is 2. The van der Waals surface area contributed by atoms with Crippen LogP contribution in [0.5, 0.6) is 0 Å². The number of aliphatic imine (C=N–C) groups is 1. The second-order valence-electron chi connectivity index (χ2n) is 10.8. The fourth-order valence-electron chi connectivity index (χ4n) is 4.79. The molecule has 1 heterocycles. The summed E-state index contributed by atoms with van der Waals surface area (Å²) in [7, 11) is -3.43. The van der Waals surface area contributed by atoms with E-state index in [9.17, 15) is 18.0 Å². The molecular formula is C36H34N6O5S. The summed E-state index contributed by atoms with van der Waals surface area (Å²) in [5, 5.41) is 4.30. The van der Waals surface area contributed by atoms with E-state index in [2.05, 4.69) is 20.7 Å². The van der Waals surface area contributed by atoms with Gasteiger partial charge in [0.05, 0.1) is 23.7 Å². The van der Waals surface area contributed by atoms with Crippen molar-refractivity contribution in [2.45, 2.75) is 17.9 Å². The molecule has 0 fully saturated rings. The highest BCUT2D eigenvalue weighted by atomic mass is 32.2. The molecule has 5 rings (SSSR count). The molecule has 12 heteroatoms. The number of ether oxygens (including phenoxy) is 1. The van der Waals surface area contributed by atoms with E-state index in [1.165, 1.54) is 11.3 Å². The molecular weight excluding hydrogens is 629 g/mol. The molecule has 0 atom stereocenters. The summed E-state index contributed by atoms with van der Waals surface area (Å²) in [5.41, 5.74) is 13.9. The second kappa shape index (κ2) is 15.5. The second-order valence-corrected chi connectivity index (χ2v) is 12.7. The number of hydrazine groups is 1. The fraction of sp³-hybridized carbons (Fsp3) is 0.111. The van der Waals surface area contributed by atoms with E-state index in [1.54, 1.807) is 85.2 Å². The van der Waals surface area contributed by atoms with Gasteiger partial charge in [0.25, 0.3) is 0 Å². The van der Waals surface area contributed by atoms with Crippen LogP contribution in [0.2, 0.25) is 0 Å². The number of amidine groups is 1. The predicted octanol–water partition coefficient (Wildman–Crippen LogP) is 6.30. The Morgan fingerprint density at radius 3 is 2.27 bits per heavy atom. The van der Waals surface area contributed by atoms with Crippen molar-refractivity contribution in [3.63, 3.8) is 0 Å². The van der Waals surface area contributed by atoms with Crippen LogP contribution < -0.4 is 16.5 Å². The minimum Gasteiger partial charge on any atom is -0.448 e. The lowest BCUT2D eigenvalue weighted by Gasteiger charge is -2.25. The van der Waals surface area contributed by atoms with Gasteiger partial charge >= 0.3 is 12.1 Å². The lowest BCUT2D eigenvalue weighted by Crippen LogP contribution is -2.39. The summed E-state index contributed by atoms with van der Waals surface area (Å²) in [5.74, 6) is -0.0378. The number of benzene rings is 4. The molecule has 3 amide bonds. The van der Waals surface area contributed by atoms with Crippen molar-refractivity contribution in [3.8, 4) is 11.1 Å². The molecule has 0 aliphatic heterocycles. The number of hydrogen-bond donors (Lipinski definition) is 3. The first-order chi connectivity index (χ1) is 23.2. The minimum atomic E-state index is -3.43. The average molecular weight is 663 g/mol. The van der Waals surface area contributed by atoms with E-state index in [-0.39, 0.29) is 23.9 Å². The third kappa shape index (κ3) is 9.27. The van der Waals surface area contributed by atoms with Crippen LogP contribution in [0.15, 0.2) is 138 Å². The van der Waals surface area contributed by atoms with Crippen molar-refractivity contribution in [1.29, 1.82) is 0 Å². The highest BCUT2D eigenvalue weighted by Gasteiger charge is 2.17. The van der Waals surface area contributed by atoms with Gasteiger partial charge < -0.3 is 15.8 Å². The number of sulfone groups is 1. The minimum absolute atomic E-state index is 0.0378. The first-order valence-electron chi connectivity index (χ1n) is 14.9. The van der Waals surface area contributed by atoms with Crippen LogP contribution in [-0.2, 0) is 27.5 Å². The first kappa shape index (κ1) is 33.4. The van der Waals surface area contributed by atoms with Gasteiger partial charge in [-0.05, 0) is 59.2 Å². The topological polar surface area (TPSA) is 156 Å². The molecule has 0 bridgehead atoms. The molecule has 0 aliphatic carbocycles. The zero-order valence-corrected chi connectivity index (χ0v) is 26.9. The van der Waals surface area contributed by atoms with Crippen molar-refractivity contribution in [1.82, 2.24) is 9.99 Å². The van der Waals surface area contributed by atoms with E-state index < -0.39 is 22.0 Å². The Labute approximate surface area is 279 Å². The van der Waals surface area contributed by atoms with Crippen LogP contribution in [0, 0.1) is 0 Å². The zero-order valence-electron chi connectivity index (χ0n) is 26.1. The van der Waals surface area contributed by atoms with Crippen LogP contribution in [-0.4, -0.2) is 49.2 Å². The molecule has 4 aromatic carbocycles. The Hall–Kier alpha value is -6.01. The monoisotopic (exact) mass is 662 g/mol. The Morgan fingerprint density at radius 1 is 0.833 bits per heavy atom. The quantitative estimate of drug-likeness (QED) is 0.0846. The molecule has 0 saturated heterocycles. The Bertz CT molecular complexity index is 2000. The van der Waals surface area contributed by atoms with Crippen molar-refractivity contribution >= 4 is 39.2 Å². The number of rotatable bonds is 11. The first-order valence-corrected chi connectivity index (χ1v) is 16.8. The number of carbonyl (C=O) groups excluding carboxylic acids is 2. The van der Waals surface area contributed by atoms with Crippen molar-refractivity contribution in [2.75, 3.05) is 23.6 Å². The lowest BCUT2D eigenvalue weighted by atomic mass is 10.1. The smallest absolute Gasteiger partial charge is 0.435 e. The normalized spacial score (nSPS) is 11.4. The van der Waals surface area contributed by atoms with Gasteiger partial charge in [0, 0.05) is 41.9 Å². The van der Waals surface area contributed by atoms with E-state index in [0.29, 0.717) is 34.5 Å². The molecule has 0 aliphatic rings. The number of pyridine rings is 1. The summed E-state index contributed by atoms with van der Waals surface area (Å²) < 4.78 is 29.8. The van der Waals surface area contributed by atoms with Gasteiger partial charge in [0.2, 0.25) is 0 Å². The van der Waals surface area contributed by atoms with Crippen molar-refractivity contribution in [3.05, 3.63) is 144 Å². The standard InChI is InChI=1S/C36H34N6O5S/c1-48(45,46)33-13-6-5-12-32(33)28-14-16-30(17-15-28)39-35(43)42(25-27-8-3-2-4-9-27)41-31-11-7-10-29(24-31)34(37)40-36(44)47-23-20-26-18-21-38-22-19-26/h2-19,21-22,24,41H,20,23,25H2,1H3,(H,39,43)(H2,37,40,44). The number of amides is 3. The van der Waals surface area contributed by atoms with Crippen molar-refractivity contribution < 1.29 is 22.7 Å². The number of nitrogens with zero attached hydrogens (tertiary/aromatic N) is 3. The molecule has 4 N–H and O–H groups in total. The summed E-state index contributed by atoms with van der Waals surface area (Å²) in [6, 6.07) is 33.2. The molecule has 0 unspecified atom stereocenters. The van der Waals surface area contributed by atoms with Gasteiger partial charge in [-0.15, -0.1) is 0 Å². The molecule has 11 nitrogen and oxygen atoms in total. The molecule has 5 aromatic rings. The van der Waals surface area contributed by atoms with Crippen LogP contribution >= 0.6 is 0 Å². The predicted molar refractivity (Wildman–Crippen MR) is 186 cm³/mol. The number of aromatic nitrogens is 1. The number of hydrogen-bond acceptors (Lipinski definition) is 7. The molecule has 0 radical (unpaired) electrons. The highest BCUT2D eigenvalue weighted by Crippen LogP contribution is 2.28. The van der Waals surface area contributed by atoms with E-state index in [0.717, 1.165) is 11.1 Å². The van der Waals surface area contributed by atoms with Crippen LogP contribution in [0.1, 0.15) is 16.7 Å². The summed E-state index contributed by atoms with van der Waals surface area (Å²) >= 11 is 0. The maximum atomic E-state index is 13.6. The molecule has 0 saturated carbocycles. The largest absolute Gasteiger partial charge is 0.448 e. The maximum absolute atomic E-state index is 13.6. The van der Waals surface area contributed by atoms with Gasteiger partial charge in [-0.25, -0.2) is 23.0 Å². The number of carbonyl (C=O) groups is 2. The number of anilines is 2. The zero-order chi connectivity index (χ0) is 33.9. The summed E-state index contributed by atoms with van der Waals surface area (Å²) in [4.78, 5) is 34.0. The average Bonchev–Trinajstić information content (AvgIpc) is 3.09. The molecule has 0 spiro atoms. The van der Waals surface area contributed by atoms with E-state index >= 15 is 0 Å². The molecule has 48 heavy (non-hydrogen) atoms. The third-order valence-corrected chi connectivity index (χ3v) is 8.32. The van der Waals surface area contributed by atoms with Gasteiger partial charge in [-0.3, -0.25) is 10.4 Å². The van der Waals surface area contributed by atoms with Crippen LogP contribution in [0.4, 0.5) is 21.0 Å². The van der Waals surface area contributed by atoms with Crippen LogP contribution in [0.25, 0.3) is 11.1 Å². The van der Waals surface area contributed by atoms with Gasteiger partial charge in [0.15, 0.2) is 9.84 Å². The third-order valence-electron chi connectivity index (χ3n) is 7.16. The van der Waals surface area contributed by atoms with Crippen molar-refractivity contribution in [2.24, 2.45) is 10.7 Å². The highest BCUT2D eigenvalue weighted by molar-refractivity contribution is 7.90. The Morgan fingerprint density at radius 2 is 1.54 bits per heavy atom. The van der Waals surface area contributed by atoms with E-state index in [1.807, 2.05) is 42.5 Å². The van der Waals surface area contributed by atoms with Gasteiger partial charge in [-0.2, -0.15) is 4.99 Å². The fourth-order valence-corrected chi connectivity index (χ4v) is 5.70. The Balaban J connectivity index is 1.29. The number of urea groups is 1. The van der Waals surface area contributed by atoms with Crippen LogP contribution in [0.3, 0.4) is 0 Å². The SMILES string of the molecule is CS(=O)(=O)c1ccccc1-c1ccc(NC(=O)N(Cc2ccccc2)Nc2cccc(/C(N)=N/C(=O)OCCc3ccncc3)c2)cc1. The van der Waals surface area contributed by atoms with E-state index in [4.69, 9.17) is 10.5 Å². The number of nitrogens with two attached hydrogens (primary N) is 1. The Kier molecular flexibility index (Phi) is 10.8. The van der Waals surface area contributed by atoms with Gasteiger partial charge in [-0.1, -0.05) is 72.8 Å². The summed E-state index contributed by atoms with van der Waals surface area (Å²) in [6.07, 6.45) is 4.22. The lowest BCUT2D eigenvalue weighted by molar-refractivity contribution is 0.158. The van der Waals surface area contributed by atoms with Gasteiger partial charge in [0.1, 0.15) is 5.84 Å². The molecule has 244 valence electrons.